The van der Waals surface area contributed by atoms with Crippen LogP contribution in [0.3, 0.4) is 0 Å². The summed E-state index contributed by atoms with van der Waals surface area (Å²) in [5.74, 6) is 0.705. The average Bonchev–Trinajstić information content (AvgIpc) is 2.21. The van der Waals surface area contributed by atoms with Crippen LogP contribution in [0.5, 0.6) is 0 Å². The zero-order valence-corrected chi connectivity index (χ0v) is 12.1. The van der Waals surface area contributed by atoms with Crippen LogP contribution in [0.4, 0.5) is 13.2 Å². The molecule has 0 spiro atoms. The number of aliphatic imine (C=N–C) groups is 1. The fourth-order valence-corrected chi connectivity index (χ4v) is 1.51. The molecule has 0 rings (SSSR count). The van der Waals surface area contributed by atoms with E-state index in [-0.39, 0.29) is 6.04 Å². The topological polar surface area (TPSA) is 39.7 Å². The second kappa shape index (κ2) is 9.01. The summed E-state index contributed by atoms with van der Waals surface area (Å²) in [6.07, 6.45) is -3.53. The van der Waals surface area contributed by atoms with Crippen molar-refractivity contribution in [3.8, 4) is 0 Å². The summed E-state index contributed by atoms with van der Waals surface area (Å²) < 4.78 is 36.3. The Labute approximate surface area is 113 Å². The molecule has 0 bridgehead atoms. The Hall–Kier alpha value is -0.980. The van der Waals surface area contributed by atoms with Crippen LogP contribution >= 0.6 is 0 Å². The third-order valence-corrected chi connectivity index (χ3v) is 2.19. The van der Waals surface area contributed by atoms with Gasteiger partial charge >= 0.3 is 6.18 Å². The van der Waals surface area contributed by atoms with Gasteiger partial charge in [0.1, 0.15) is 0 Å². The standard InChI is InChI=1S/C12H25F3N4/c1-5-16-11(18-10(2)3)17-7-6-8-19(4)9-12(13,14)15/h10H,5-9H2,1-4H3,(H2,16,17,18). The van der Waals surface area contributed by atoms with Gasteiger partial charge in [0.05, 0.1) is 6.54 Å². The fourth-order valence-electron chi connectivity index (χ4n) is 1.51. The summed E-state index contributed by atoms with van der Waals surface area (Å²) in [6, 6.07) is 0.269. The van der Waals surface area contributed by atoms with Gasteiger partial charge in [-0.15, -0.1) is 0 Å². The summed E-state index contributed by atoms with van der Waals surface area (Å²) in [5, 5.41) is 6.24. The molecule has 0 aliphatic rings. The molecule has 0 atom stereocenters. The predicted molar refractivity (Wildman–Crippen MR) is 72.4 cm³/mol. The molecule has 0 heterocycles. The molecule has 0 aliphatic carbocycles. The van der Waals surface area contributed by atoms with Crippen molar-refractivity contribution in [2.45, 2.75) is 39.4 Å². The van der Waals surface area contributed by atoms with Crippen LogP contribution in [0.25, 0.3) is 0 Å². The van der Waals surface area contributed by atoms with E-state index < -0.39 is 12.7 Å². The van der Waals surface area contributed by atoms with Crippen molar-refractivity contribution in [2.24, 2.45) is 4.99 Å². The van der Waals surface area contributed by atoms with Crippen molar-refractivity contribution in [2.75, 3.05) is 33.2 Å². The Balaban J connectivity index is 3.96. The zero-order chi connectivity index (χ0) is 14.9. The first-order chi connectivity index (χ1) is 8.74. The molecule has 114 valence electrons. The van der Waals surface area contributed by atoms with E-state index in [9.17, 15) is 13.2 Å². The molecule has 0 amide bonds. The number of alkyl halides is 3. The Morgan fingerprint density at radius 3 is 2.42 bits per heavy atom. The minimum absolute atomic E-state index is 0.269. The SMILES string of the molecule is CCNC(=NCCCN(C)CC(F)(F)F)NC(C)C. The molecular weight excluding hydrogens is 257 g/mol. The number of halogens is 3. The molecule has 0 fully saturated rings. The van der Waals surface area contributed by atoms with Crippen molar-refractivity contribution in [3.05, 3.63) is 0 Å². The quantitative estimate of drug-likeness (QED) is 0.425. The van der Waals surface area contributed by atoms with Crippen molar-refractivity contribution < 1.29 is 13.2 Å². The molecule has 0 radical (unpaired) electrons. The van der Waals surface area contributed by atoms with E-state index in [1.807, 2.05) is 20.8 Å². The molecule has 7 heteroatoms. The highest BCUT2D eigenvalue weighted by molar-refractivity contribution is 5.79. The number of hydrogen-bond donors (Lipinski definition) is 2. The Bertz CT molecular complexity index is 264. The summed E-state index contributed by atoms with van der Waals surface area (Å²) >= 11 is 0. The van der Waals surface area contributed by atoms with Gasteiger partial charge in [0.2, 0.25) is 0 Å². The lowest BCUT2D eigenvalue weighted by molar-refractivity contribution is -0.143. The molecule has 0 aromatic rings. The second-order valence-corrected chi connectivity index (χ2v) is 4.77. The van der Waals surface area contributed by atoms with Crippen LogP contribution < -0.4 is 10.6 Å². The molecular formula is C12H25F3N4. The molecule has 0 unspecified atom stereocenters. The molecule has 2 N–H and O–H groups in total. The summed E-state index contributed by atoms with van der Waals surface area (Å²) in [7, 11) is 1.47. The first-order valence-corrected chi connectivity index (χ1v) is 6.54. The Morgan fingerprint density at radius 1 is 1.32 bits per heavy atom. The summed E-state index contributed by atoms with van der Waals surface area (Å²) in [4.78, 5) is 5.57. The van der Waals surface area contributed by atoms with E-state index in [2.05, 4.69) is 15.6 Å². The highest BCUT2D eigenvalue weighted by atomic mass is 19.4. The van der Waals surface area contributed by atoms with E-state index in [4.69, 9.17) is 0 Å². The molecule has 0 saturated heterocycles. The second-order valence-electron chi connectivity index (χ2n) is 4.77. The maximum atomic E-state index is 12.1. The van der Waals surface area contributed by atoms with Gasteiger partial charge in [0.25, 0.3) is 0 Å². The van der Waals surface area contributed by atoms with Crippen LogP contribution in [0, 0.1) is 0 Å². The van der Waals surface area contributed by atoms with E-state index in [0.717, 1.165) is 6.54 Å². The summed E-state index contributed by atoms with van der Waals surface area (Å²) in [6.45, 7) is 6.74. The van der Waals surface area contributed by atoms with Gasteiger partial charge in [-0.3, -0.25) is 9.89 Å². The van der Waals surface area contributed by atoms with Gasteiger partial charge in [-0.1, -0.05) is 0 Å². The highest BCUT2D eigenvalue weighted by Crippen LogP contribution is 2.15. The lowest BCUT2D eigenvalue weighted by atomic mass is 10.4. The number of hydrogen-bond acceptors (Lipinski definition) is 2. The van der Waals surface area contributed by atoms with Crippen LogP contribution in [0.2, 0.25) is 0 Å². The summed E-state index contributed by atoms with van der Waals surface area (Å²) in [5.41, 5.74) is 0. The highest BCUT2D eigenvalue weighted by Gasteiger charge is 2.28. The molecule has 4 nitrogen and oxygen atoms in total. The van der Waals surface area contributed by atoms with Crippen molar-refractivity contribution in [1.82, 2.24) is 15.5 Å². The normalized spacial score (nSPS) is 13.2. The first-order valence-electron chi connectivity index (χ1n) is 6.54. The monoisotopic (exact) mass is 282 g/mol. The first kappa shape index (κ1) is 18.0. The van der Waals surface area contributed by atoms with Gasteiger partial charge in [0, 0.05) is 19.1 Å². The van der Waals surface area contributed by atoms with Crippen LogP contribution in [-0.4, -0.2) is 56.3 Å². The maximum absolute atomic E-state index is 12.1. The van der Waals surface area contributed by atoms with Gasteiger partial charge in [-0.2, -0.15) is 13.2 Å². The van der Waals surface area contributed by atoms with Gasteiger partial charge in [0.15, 0.2) is 5.96 Å². The number of rotatable bonds is 7. The minimum Gasteiger partial charge on any atom is -0.357 e. The van der Waals surface area contributed by atoms with Gasteiger partial charge in [-0.25, -0.2) is 0 Å². The van der Waals surface area contributed by atoms with Crippen molar-refractivity contribution in [1.29, 1.82) is 0 Å². The Morgan fingerprint density at radius 2 is 1.95 bits per heavy atom. The van der Waals surface area contributed by atoms with E-state index >= 15 is 0 Å². The van der Waals surface area contributed by atoms with Crippen LogP contribution in [0.1, 0.15) is 27.2 Å². The number of nitrogens with one attached hydrogen (secondary N) is 2. The van der Waals surface area contributed by atoms with Crippen molar-refractivity contribution in [3.63, 3.8) is 0 Å². The number of nitrogens with zero attached hydrogens (tertiary/aromatic N) is 2. The largest absolute Gasteiger partial charge is 0.401 e. The fraction of sp³-hybridized carbons (Fsp3) is 0.917. The van der Waals surface area contributed by atoms with E-state index in [1.165, 1.54) is 11.9 Å². The third kappa shape index (κ3) is 11.8. The van der Waals surface area contributed by atoms with Gasteiger partial charge < -0.3 is 10.6 Å². The van der Waals surface area contributed by atoms with Crippen LogP contribution in [-0.2, 0) is 0 Å². The average molecular weight is 282 g/mol. The lowest BCUT2D eigenvalue weighted by Gasteiger charge is -2.18. The lowest BCUT2D eigenvalue weighted by Crippen LogP contribution is -2.41. The van der Waals surface area contributed by atoms with E-state index in [1.54, 1.807) is 0 Å². The third-order valence-electron chi connectivity index (χ3n) is 2.19. The predicted octanol–water partition coefficient (Wildman–Crippen LogP) is 1.83. The number of guanidine groups is 1. The molecule has 0 aromatic carbocycles. The molecule has 19 heavy (non-hydrogen) atoms. The molecule has 0 aromatic heterocycles. The zero-order valence-electron chi connectivity index (χ0n) is 12.1. The van der Waals surface area contributed by atoms with Crippen LogP contribution in [0.15, 0.2) is 4.99 Å². The molecule has 0 aliphatic heterocycles. The maximum Gasteiger partial charge on any atom is 0.401 e. The van der Waals surface area contributed by atoms with Gasteiger partial charge in [-0.05, 0) is 40.8 Å². The van der Waals surface area contributed by atoms with E-state index in [0.29, 0.717) is 25.5 Å². The minimum atomic E-state index is -4.13. The molecule has 0 saturated carbocycles. The Kier molecular flexibility index (Phi) is 8.54. The van der Waals surface area contributed by atoms with Crippen molar-refractivity contribution >= 4 is 5.96 Å². The smallest absolute Gasteiger partial charge is 0.357 e.